The van der Waals surface area contributed by atoms with Gasteiger partial charge in [-0.15, -0.1) is 0 Å². The van der Waals surface area contributed by atoms with Crippen molar-refractivity contribution in [2.24, 2.45) is 11.1 Å². The minimum Gasteiger partial charge on any atom is -0.379 e. The standard InChI is InChI=1S/C16H21BrN2O2/c1-16(10-21-9-14(16)18)15(20)19(12-6-7-12)8-11-4-2-3-5-13(11)17/h2-5,12,14H,6-10,18H2,1H3. The van der Waals surface area contributed by atoms with E-state index in [1.807, 2.05) is 30.0 Å². The molecule has 5 heteroatoms. The number of ether oxygens (including phenoxy) is 1. The molecule has 1 aromatic rings. The van der Waals surface area contributed by atoms with Crippen molar-refractivity contribution in [2.75, 3.05) is 13.2 Å². The first-order valence-corrected chi connectivity index (χ1v) is 8.19. The van der Waals surface area contributed by atoms with Gasteiger partial charge < -0.3 is 15.4 Å². The van der Waals surface area contributed by atoms with Crippen LogP contribution in [0.5, 0.6) is 0 Å². The molecule has 1 aliphatic carbocycles. The number of nitrogens with two attached hydrogens (primary N) is 1. The van der Waals surface area contributed by atoms with Gasteiger partial charge in [0.25, 0.3) is 0 Å². The maximum atomic E-state index is 13.0. The number of rotatable bonds is 4. The summed E-state index contributed by atoms with van der Waals surface area (Å²) in [5.41, 5.74) is 6.65. The smallest absolute Gasteiger partial charge is 0.233 e. The Kier molecular flexibility index (Phi) is 4.08. The highest BCUT2D eigenvalue weighted by atomic mass is 79.9. The summed E-state index contributed by atoms with van der Waals surface area (Å²) in [6.07, 6.45) is 2.17. The van der Waals surface area contributed by atoms with E-state index in [0.717, 1.165) is 22.9 Å². The van der Waals surface area contributed by atoms with E-state index in [-0.39, 0.29) is 11.9 Å². The van der Waals surface area contributed by atoms with E-state index in [9.17, 15) is 4.79 Å². The van der Waals surface area contributed by atoms with Gasteiger partial charge in [-0.05, 0) is 31.4 Å². The zero-order valence-electron chi connectivity index (χ0n) is 12.2. The van der Waals surface area contributed by atoms with Crippen LogP contribution in [0.15, 0.2) is 28.7 Å². The van der Waals surface area contributed by atoms with Crippen LogP contribution in [0.1, 0.15) is 25.3 Å². The molecule has 1 aliphatic heterocycles. The number of carbonyl (C=O) groups excluding carboxylic acids is 1. The maximum Gasteiger partial charge on any atom is 0.233 e. The minimum atomic E-state index is -0.593. The highest BCUT2D eigenvalue weighted by Gasteiger charge is 2.49. The summed E-state index contributed by atoms with van der Waals surface area (Å²) in [6, 6.07) is 8.19. The molecule has 2 unspecified atom stereocenters. The van der Waals surface area contributed by atoms with Gasteiger partial charge in [-0.3, -0.25) is 4.79 Å². The number of hydrogen-bond acceptors (Lipinski definition) is 3. The van der Waals surface area contributed by atoms with E-state index >= 15 is 0 Å². The van der Waals surface area contributed by atoms with Crippen molar-refractivity contribution >= 4 is 21.8 Å². The quantitative estimate of drug-likeness (QED) is 0.904. The van der Waals surface area contributed by atoms with Crippen molar-refractivity contribution in [2.45, 2.75) is 38.4 Å². The lowest BCUT2D eigenvalue weighted by Gasteiger charge is -2.33. The summed E-state index contributed by atoms with van der Waals surface area (Å²) in [5, 5.41) is 0. The Morgan fingerprint density at radius 3 is 2.76 bits per heavy atom. The third kappa shape index (κ3) is 2.87. The van der Waals surface area contributed by atoms with Gasteiger partial charge in [0.2, 0.25) is 5.91 Å². The zero-order valence-corrected chi connectivity index (χ0v) is 13.8. The molecule has 114 valence electrons. The predicted molar refractivity (Wildman–Crippen MR) is 84.6 cm³/mol. The van der Waals surface area contributed by atoms with Gasteiger partial charge in [-0.2, -0.15) is 0 Å². The molecule has 21 heavy (non-hydrogen) atoms. The second kappa shape index (κ2) is 5.71. The van der Waals surface area contributed by atoms with Crippen LogP contribution in [0, 0.1) is 5.41 Å². The third-order valence-electron chi connectivity index (χ3n) is 4.55. The van der Waals surface area contributed by atoms with Crippen LogP contribution in [-0.2, 0) is 16.1 Å². The van der Waals surface area contributed by atoms with Gasteiger partial charge in [-0.25, -0.2) is 0 Å². The van der Waals surface area contributed by atoms with Gasteiger partial charge in [0, 0.05) is 23.1 Å². The Morgan fingerprint density at radius 2 is 2.19 bits per heavy atom. The van der Waals surface area contributed by atoms with Crippen molar-refractivity contribution in [3.8, 4) is 0 Å². The molecule has 1 saturated carbocycles. The largest absolute Gasteiger partial charge is 0.379 e. The fraction of sp³-hybridized carbons (Fsp3) is 0.562. The van der Waals surface area contributed by atoms with Gasteiger partial charge >= 0.3 is 0 Å². The van der Waals surface area contributed by atoms with Crippen LogP contribution >= 0.6 is 15.9 Å². The molecule has 2 atom stereocenters. The number of benzene rings is 1. The molecule has 0 aromatic heterocycles. The van der Waals surface area contributed by atoms with Crippen LogP contribution < -0.4 is 5.73 Å². The Balaban J connectivity index is 1.82. The van der Waals surface area contributed by atoms with E-state index in [1.165, 1.54) is 0 Å². The lowest BCUT2D eigenvalue weighted by atomic mass is 9.84. The number of amides is 1. The molecule has 2 aliphatic rings. The van der Waals surface area contributed by atoms with Crippen LogP contribution in [0.25, 0.3) is 0 Å². The van der Waals surface area contributed by atoms with Gasteiger partial charge in [0.05, 0.1) is 18.6 Å². The average Bonchev–Trinajstić information content (AvgIpc) is 3.24. The Labute approximate surface area is 133 Å². The summed E-state index contributed by atoms with van der Waals surface area (Å²) < 4.78 is 6.48. The number of nitrogens with zero attached hydrogens (tertiary/aromatic N) is 1. The first-order chi connectivity index (χ1) is 10.0. The van der Waals surface area contributed by atoms with Gasteiger partial charge in [0.1, 0.15) is 0 Å². The number of hydrogen-bond donors (Lipinski definition) is 1. The number of halogens is 1. The first-order valence-electron chi connectivity index (χ1n) is 7.40. The molecular weight excluding hydrogens is 332 g/mol. The molecule has 1 saturated heterocycles. The molecule has 1 heterocycles. The van der Waals surface area contributed by atoms with Crippen molar-refractivity contribution in [1.29, 1.82) is 0 Å². The van der Waals surface area contributed by atoms with E-state index in [4.69, 9.17) is 10.5 Å². The van der Waals surface area contributed by atoms with E-state index in [0.29, 0.717) is 25.8 Å². The molecule has 3 rings (SSSR count). The Morgan fingerprint density at radius 1 is 1.48 bits per heavy atom. The monoisotopic (exact) mass is 352 g/mol. The molecule has 1 aromatic carbocycles. The predicted octanol–water partition coefficient (Wildman–Crippen LogP) is 2.30. The second-order valence-electron chi connectivity index (χ2n) is 6.29. The summed E-state index contributed by atoms with van der Waals surface area (Å²) in [5.74, 6) is 0.130. The van der Waals surface area contributed by atoms with Gasteiger partial charge in [-0.1, -0.05) is 34.1 Å². The molecule has 0 radical (unpaired) electrons. The van der Waals surface area contributed by atoms with E-state index < -0.39 is 5.41 Å². The minimum absolute atomic E-state index is 0.130. The normalized spacial score (nSPS) is 28.6. The van der Waals surface area contributed by atoms with Crippen molar-refractivity contribution in [3.05, 3.63) is 34.3 Å². The van der Waals surface area contributed by atoms with Crippen molar-refractivity contribution in [3.63, 3.8) is 0 Å². The highest BCUT2D eigenvalue weighted by Crippen LogP contribution is 2.36. The summed E-state index contributed by atoms with van der Waals surface area (Å²) in [4.78, 5) is 15.0. The molecule has 1 amide bonds. The molecule has 0 bridgehead atoms. The summed E-state index contributed by atoms with van der Waals surface area (Å²) in [6.45, 7) is 3.46. The lowest BCUT2D eigenvalue weighted by molar-refractivity contribution is -0.143. The molecule has 0 spiro atoms. The van der Waals surface area contributed by atoms with Crippen LogP contribution in [0.4, 0.5) is 0 Å². The second-order valence-corrected chi connectivity index (χ2v) is 7.15. The molecule has 2 fully saturated rings. The number of carbonyl (C=O) groups is 1. The first kappa shape index (κ1) is 15.0. The van der Waals surface area contributed by atoms with Gasteiger partial charge in [0.15, 0.2) is 0 Å². The SMILES string of the molecule is CC1(C(=O)N(Cc2ccccc2Br)C2CC2)COCC1N. The third-order valence-corrected chi connectivity index (χ3v) is 5.33. The fourth-order valence-corrected chi connectivity index (χ4v) is 3.21. The fourth-order valence-electron chi connectivity index (χ4n) is 2.80. The molecule has 2 N–H and O–H groups in total. The van der Waals surface area contributed by atoms with E-state index in [1.54, 1.807) is 0 Å². The van der Waals surface area contributed by atoms with Crippen molar-refractivity contribution < 1.29 is 9.53 Å². The lowest BCUT2D eigenvalue weighted by Crippen LogP contribution is -2.52. The Bertz CT molecular complexity index is 547. The zero-order chi connectivity index (χ0) is 15.0. The summed E-state index contributed by atoms with van der Waals surface area (Å²) in [7, 11) is 0. The van der Waals surface area contributed by atoms with Crippen molar-refractivity contribution in [1.82, 2.24) is 4.90 Å². The Hall–Kier alpha value is -0.910. The van der Waals surface area contributed by atoms with Crippen LogP contribution in [-0.4, -0.2) is 36.1 Å². The highest BCUT2D eigenvalue weighted by molar-refractivity contribution is 9.10. The van der Waals surface area contributed by atoms with E-state index in [2.05, 4.69) is 22.0 Å². The molecule has 4 nitrogen and oxygen atoms in total. The average molecular weight is 353 g/mol. The maximum absolute atomic E-state index is 13.0. The van der Waals surface area contributed by atoms with Crippen LogP contribution in [0.2, 0.25) is 0 Å². The topological polar surface area (TPSA) is 55.6 Å². The summed E-state index contributed by atoms with van der Waals surface area (Å²) >= 11 is 3.56. The molecular formula is C16H21BrN2O2. The van der Waals surface area contributed by atoms with Crippen LogP contribution in [0.3, 0.4) is 0 Å².